The van der Waals surface area contributed by atoms with Gasteiger partial charge in [-0.1, -0.05) is 11.6 Å². The average molecular weight is 285 g/mol. The van der Waals surface area contributed by atoms with E-state index in [2.05, 4.69) is 15.6 Å². The molecule has 0 aliphatic carbocycles. The third kappa shape index (κ3) is 2.72. The lowest BCUT2D eigenvalue weighted by atomic mass is 10.0. The first-order valence-electron chi connectivity index (χ1n) is 5.98. The van der Waals surface area contributed by atoms with Crippen LogP contribution in [0.3, 0.4) is 0 Å². The molecule has 0 bridgehead atoms. The van der Waals surface area contributed by atoms with Gasteiger partial charge >= 0.3 is 0 Å². The molecule has 1 fully saturated rings. The van der Waals surface area contributed by atoms with Crippen LogP contribution < -0.4 is 10.6 Å². The number of hydrogen-bond acceptors (Lipinski definition) is 3. The number of aromatic nitrogens is 1. The number of aromatic amines is 1. The molecule has 2 rings (SSSR count). The van der Waals surface area contributed by atoms with E-state index in [1.165, 1.54) is 0 Å². The first-order chi connectivity index (χ1) is 9.04. The summed E-state index contributed by atoms with van der Waals surface area (Å²) in [6.45, 7) is 2.55. The Balaban J connectivity index is 2.16. The number of aryl methyl sites for hydroxylation is 1. The minimum absolute atomic E-state index is 0.0933. The molecule has 0 radical (unpaired) electrons. The third-order valence-electron chi connectivity index (χ3n) is 3.17. The first kappa shape index (κ1) is 13.8. The summed E-state index contributed by atoms with van der Waals surface area (Å²) in [6.07, 6.45) is -0.614. The number of H-pyrrole nitrogens is 1. The zero-order chi connectivity index (χ0) is 14.0. The Hall–Kier alpha value is -1.58. The summed E-state index contributed by atoms with van der Waals surface area (Å²) < 4.78 is 13.6. The number of piperidine rings is 1. The lowest BCUT2D eigenvalue weighted by Crippen LogP contribution is -2.51. The number of rotatable bonds is 2. The lowest BCUT2D eigenvalue weighted by molar-refractivity contribution is 0.0887. The zero-order valence-electron chi connectivity index (χ0n) is 10.4. The molecule has 1 aliphatic rings. The summed E-state index contributed by atoms with van der Waals surface area (Å²) in [6, 6.07) is 1.34. The maximum atomic E-state index is 13.6. The Morgan fingerprint density at radius 3 is 3.00 bits per heavy atom. The number of hydrogen-bond donors (Lipinski definition) is 3. The molecule has 3 N–H and O–H groups in total. The molecule has 1 amide bonds. The van der Waals surface area contributed by atoms with Crippen molar-refractivity contribution in [2.45, 2.75) is 25.6 Å². The van der Waals surface area contributed by atoms with Gasteiger partial charge in [0.05, 0.1) is 11.1 Å². The van der Waals surface area contributed by atoms with Crippen molar-refractivity contribution in [2.24, 2.45) is 0 Å². The average Bonchev–Trinajstić information content (AvgIpc) is 2.68. The second-order valence-electron chi connectivity index (χ2n) is 4.51. The first-order valence-corrected chi connectivity index (χ1v) is 6.36. The van der Waals surface area contributed by atoms with Gasteiger partial charge < -0.3 is 15.6 Å². The van der Waals surface area contributed by atoms with E-state index >= 15 is 0 Å². The number of halogens is 2. The van der Waals surface area contributed by atoms with E-state index in [0.29, 0.717) is 18.7 Å². The molecule has 1 aliphatic heterocycles. The molecule has 5 nitrogen and oxygen atoms in total. The largest absolute Gasteiger partial charge is 0.352 e. The van der Waals surface area contributed by atoms with Gasteiger partial charge in [-0.3, -0.25) is 4.79 Å². The van der Waals surface area contributed by atoms with E-state index in [1.807, 2.05) is 6.07 Å². The fourth-order valence-corrected chi connectivity index (χ4v) is 2.29. The van der Waals surface area contributed by atoms with Gasteiger partial charge in [-0.15, -0.1) is 0 Å². The number of nitrogens with one attached hydrogen (secondary N) is 3. The fraction of sp³-hybridized carbons (Fsp3) is 0.500. The molecular formula is C12H14ClFN4O. The van der Waals surface area contributed by atoms with E-state index in [4.69, 9.17) is 16.9 Å². The van der Waals surface area contributed by atoms with Crippen LogP contribution in [-0.4, -0.2) is 36.2 Å². The van der Waals surface area contributed by atoms with Gasteiger partial charge in [0.15, 0.2) is 0 Å². The number of carbonyl (C=O) groups is 1. The van der Waals surface area contributed by atoms with Crippen molar-refractivity contribution in [1.29, 1.82) is 5.26 Å². The van der Waals surface area contributed by atoms with Gasteiger partial charge in [0.25, 0.3) is 5.91 Å². The van der Waals surface area contributed by atoms with Crippen molar-refractivity contribution in [3.05, 3.63) is 22.0 Å². The molecule has 0 saturated carbocycles. The van der Waals surface area contributed by atoms with Gasteiger partial charge in [-0.05, 0) is 19.9 Å². The quantitative estimate of drug-likeness (QED) is 0.765. The lowest BCUT2D eigenvalue weighted by Gasteiger charge is -2.27. The highest BCUT2D eigenvalue weighted by molar-refractivity contribution is 6.33. The minimum Gasteiger partial charge on any atom is -0.352 e. The van der Waals surface area contributed by atoms with Crippen LogP contribution in [0, 0.1) is 18.3 Å². The summed E-state index contributed by atoms with van der Waals surface area (Å²) in [7, 11) is 0. The second kappa shape index (κ2) is 5.59. The van der Waals surface area contributed by atoms with Crippen molar-refractivity contribution in [3.63, 3.8) is 0 Å². The molecule has 7 heteroatoms. The van der Waals surface area contributed by atoms with Crippen LogP contribution in [0.15, 0.2) is 0 Å². The molecule has 1 saturated heterocycles. The summed E-state index contributed by atoms with van der Waals surface area (Å²) in [4.78, 5) is 14.8. The summed E-state index contributed by atoms with van der Waals surface area (Å²) >= 11 is 5.91. The zero-order valence-corrected chi connectivity index (χ0v) is 11.1. The Morgan fingerprint density at radius 1 is 1.63 bits per heavy atom. The molecule has 0 unspecified atom stereocenters. The van der Waals surface area contributed by atoms with Gasteiger partial charge in [-0.2, -0.15) is 5.26 Å². The van der Waals surface area contributed by atoms with Gasteiger partial charge in [0.2, 0.25) is 0 Å². The minimum atomic E-state index is -1.13. The topological polar surface area (TPSA) is 80.7 Å². The molecular weight excluding hydrogens is 271 g/mol. The monoisotopic (exact) mass is 284 g/mol. The van der Waals surface area contributed by atoms with Crippen molar-refractivity contribution in [1.82, 2.24) is 15.6 Å². The van der Waals surface area contributed by atoms with Crippen molar-refractivity contribution in [2.75, 3.05) is 13.1 Å². The van der Waals surface area contributed by atoms with E-state index in [-0.39, 0.29) is 22.8 Å². The fourth-order valence-electron chi connectivity index (χ4n) is 2.10. The third-order valence-corrected chi connectivity index (χ3v) is 3.65. The van der Waals surface area contributed by atoms with Gasteiger partial charge in [0, 0.05) is 12.2 Å². The molecule has 1 aromatic rings. The number of alkyl halides is 1. The van der Waals surface area contributed by atoms with Crippen LogP contribution in [0.4, 0.5) is 4.39 Å². The maximum Gasteiger partial charge on any atom is 0.269 e. The Morgan fingerprint density at radius 2 is 2.37 bits per heavy atom. The molecule has 19 heavy (non-hydrogen) atoms. The van der Waals surface area contributed by atoms with Crippen molar-refractivity contribution < 1.29 is 9.18 Å². The highest BCUT2D eigenvalue weighted by Gasteiger charge is 2.28. The van der Waals surface area contributed by atoms with Crippen LogP contribution in [0.1, 0.15) is 28.2 Å². The van der Waals surface area contributed by atoms with Crippen LogP contribution >= 0.6 is 11.6 Å². The molecule has 0 spiro atoms. The highest BCUT2D eigenvalue weighted by Crippen LogP contribution is 2.23. The Kier molecular flexibility index (Phi) is 4.08. The van der Waals surface area contributed by atoms with Crippen LogP contribution in [0.25, 0.3) is 0 Å². The Bertz CT molecular complexity index is 537. The predicted molar refractivity (Wildman–Crippen MR) is 68.9 cm³/mol. The van der Waals surface area contributed by atoms with E-state index in [0.717, 1.165) is 0 Å². The summed E-state index contributed by atoms with van der Waals surface area (Å²) in [5, 5.41) is 14.7. The standard InChI is InChI=1S/C12H14ClFN4O/c1-6-10(13)7(4-15)11(17-6)12(19)18-9-2-3-16-5-8(9)14/h8-9,16-17H,2-3,5H2,1H3,(H,18,19)/t8-,9-/m1/s1. The Labute approximate surface area is 115 Å². The number of nitrogens with zero attached hydrogens (tertiary/aromatic N) is 1. The normalized spacial score (nSPS) is 22.8. The van der Waals surface area contributed by atoms with Crippen LogP contribution in [0.5, 0.6) is 0 Å². The number of nitriles is 1. The predicted octanol–water partition coefficient (Wildman–Crippen LogP) is 1.28. The van der Waals surface area contributed by atoms with Gasteiger partial charge in [0.1, 0.15) is 23.5 Å². The molecule has 1 aromatic heterocycles. The van der Waals surface area contributed by atoms with E-state index in [9.17, 15) is 9.18 Å². The van der Waals surface area contributed by atoms with E-state index < -0.39 is 18.1 Å². The molecule has 2 atom stereocenters. The van der Waals surface area contributed by atoms with Crippen molar-refractivity contribution in [3.8, 4) is 6.07 Å². The summed E-state index contributed by atoms with van der Waals surface area (Å²) in [5.41, 5.74) is 0.738. The SMILES string of the molecule is Cc1[nH]c(C(=O)N[C@@H]2CCNC[C@H]2F)c(C#N)c1Cl. The molecule has 102 valence electrons. The molecule has 2 heterocycles. The van der Waals surface area contributed by atoms with Crippen LogP contribution in [0.2, 0.25) is 5.02 Å². The summed E-state index contributed by atoms with van der Waals surface area (Å²) in [5.74, 6) is -0.499. The molecule has 0 aromatic carbocycles. The second-order valence-corrected chi connectivity index (χ2v) is 4.89. The van der Waals surface area contributed by atoms with Gasteiger partial charge in [-0.25, -0.2) is 4.39 Å². The highest BCUT2D eigenvalue weighted by atomic mass is 35.5. The number of carbonyl (C=O) groups excluding carboxylic acids is 1. The van der Waals surface area contributed by atoms with E-state index in [1.54, 1.807) is 6.92 Å². The van der Waals surface area contributed by atoms with Crippen LogP contribution in [-0.2, 0) is 0 Å². The smallest absolute Gasteiger partial charge is 0.269 e. The van der Waals surface area contributed by atoms with Crippen molar-refractivity contribution >= 4 is 17.5 Å². The number of amides is 1. The maximum absolute atomic E-state index is 13.6.